The highest BCUT2D eigenvalue weighted by Gasteiger charge is 2.36. The number of ether oxygens (including phenoxy) is 1. The summed E-state index contributed by atoms with van der Waals surface area (Å²) in [6, 6.07) is 11.8. The second-order valence-electron chi connectivity index (χ2n) is 6.82. The molecule has 0 amide bonds. The molecule has 0 fully saturated rings. The molecule has 0 aliphatic rings. The van der Waals surface area contributed by atoms with Crippen LogP contribution in [0.4, 0.5) is 13.2 Å². The molecule has 0 N–H and O–H groups in total. The average Bonchev–Trinajstić information content (AvgIpc) is 3.03. The third-order valence-corrected chi connectivity index (χ3v) is 4.63. The molecule has 29 heavy (non-hydrogen) atoms. The number of aromatic nitrogens is 3. The molecule has 2 aromatic carbocycles. The summed E-state index contributed by atoms with van der Waals surface area (Å²) in [5.74, 6) is 0.784. The lowest BCUT2D eigenvalue weighted by Crippen LogP contribution is -2.29. The quantitative estimate of drug-likeness (QED) is 0.571. The van der Waals surface area contributed by atoms with Crippen LogP contribution in [0, 0.1) is 11.3 Å². The summed E-state index contributed by atoms with van der Waals surface area (Å²) in [5.41, 5.74) is -1.59. The van der Waals surface area contributed by atoms with Crippen LogP contribution in [-0.4, -0.2) is 14.8 Å². The largest absolute Gasteiger partial charge is 0.480 e. The zero-order valence-electron chi connectivity index (χ0n) is 15.8. The fourth-order valence-corrected chi connectivity index (χ4v) is 3.22. The number of rotatable bonds is 4. The minimum Gasteiger partial charge on any atom is -0.480 e. The van der Waals surface area contributed by atoms with Crippen molar-refractivity contribution in [1.82, 2.24) is 14.8 Å². The highest BCUT2D eigenvalue weighted by molar-refractivity contribution is 6.31. The molecular weight excluding hydrogens is 405 g/mol. The summed E-state index contributed by atoms with van der Waals surface area (Å²) in [7, 11) is 1.58. The summed E-state index contributed by atoms with van der Waals surface area (Å²) in [6.07, 6.45) is -4.52. The number of hydrogen-bond acceptors (Lipinski definition) is 4. The van der Waals surface area contributed by atoms with Gasteiger partial charge in [-0.15, -0.1) is 10.2 Å². The standard InChI is InChI=1S/C20H16ClF3N4O/c1-19(2,29-13-9-8-12(11-25)16(21)10-13)18-27-26-17(28(18)3)14-6-4-5-7-15(14)20(22,23)24/h4-10H,1-3H3. The lowest BCUT2D eigenvalue weighted by Gasteiger charge is -2.25. The van der Waals surface area contributed by atoms with Crippen LogP contribution in [0.5, 0.6) is 5.75 Å². The van der Waals surface area contributed by atoms with E-state index in [9.17, 15) is 13.2 Å². The van der Waals surface area contributed by atoms with Crippen LogP contribution in [0.3, 0.4) is 0 Å². The van der Waals surface area contributed by atoms with Crippen LogP contribution in [0.1, 0.15) is 30.8 Å². The lowest BCUT2D eigenvalue weighted by molar-refractivity contribution is -0.137. The predicted octanol–water partition coefficient (Wildman–Crippen LogP) is 5.34. The highest BCUT2D eigenvalue weighted by Crippen LogP contribution is 2.37. The summed E-state index contributed by atoms with van der Waals surface area (Å²) >= 11 is 6.04. The van der Waals surface area contributed by atoms with Gasteiger partial charge < -0.3 is 9.30 Å². The van der Waals surface area contributed by atoms with Gasteiger partial charge in [-0.1, -0.05) is 29.8 Å². The van der Waals surface area contributed by atoms with Crippen molar-refractivity contribution in [3.63, 3.8) is 0 Å². The fraction of sp³-hybridized carbons (Fsp3) is 0.250. The zero-order chi connectivity index (χ0) is 21.4. The van der Waals surface area contributed by atoms with Gasteiger partial charge in [0.25, 0.3) is 0 Å². The third-order valence-electron chi connectivity index (χ3n) is 4.32. The van der Waals surface area contributed by atoms with E-state index in [0.29, 0.717) is 17.1 Å². The maximum Gasteiger partial charge on any atom is 0.417 e. The van der Waals surface area contributed by atoms with Crippen LogP contribution in [0.25, 0.3) is 11.4 Å². The van der Waals surface area contributed by atoms with E-state index in [1.807, 2.05) is 6.07 Å². The molecule has 0 atom stereocenters. The van der Waals surface area contributed by atoms with Crippen molar-refractivity contribution in [2.24, 2.45) is 7.05 Å². The van der Waals surface area contributed by atoms with Gasteiger partial charge in [-0.25, -0.2) is 0 Å². The Balaban J connectivity index is 1.99. The number of nitrogens with zero attached hydrogens (tertiary/aromatic N) is 4. The molecule has 3 rings (SSSR count). The third kappa shape index (κ3) is 4.05. The number of nitriles is 1. The Bertz CT molecular complexity index is 1100. The van der Waals surface area contributed by atoms with Gasteiger partial charge in [-0.2, -0.15) is 18.4 Å². The van der Waals surface area contributed by atoms with E-state index in [2.05, 4.69) is 10.2 Å². The summed E-state index contributed by atoms with van der Waals surface area (Å²) in [6.45, 7) is 3.42. The van der Waals surface area contributed by atoms with E-state index < -0.39 is 17.3 Å². The van der Waals surface area contributed by atoms with E-state index in [-0.39, 0.29) is 16.4 Å². The smallest absolute Gasteiger partial charge is 0.417 e. The molecule has 0 radical (unpaired) electrons. The fourth-order valence-electron chi connectivity index (χ4n) is 3.00. The minimum absolute atomic E-state index is 0.0709. The predicted molar refractivity (Wildman–Crippen MR) is 101 cm³/mol. The monoisotopic (exact) mass is 420 g/mol. The van der Waals surface area contributed by atoms with Gasteiger partial charge in [0.05, 0.1) is 16.1 Å². The van der Waals surface area contributed by atoms with Gasteiger partial charge in [0.1, 0.15) is 11.8 Å². The lowest BCUT2D eigenvalue weighted by atomic mass is 10.1. The van der Waals surface area contributed by atoms with Crippen molar-refractivity contribution in [2.45, 2.75) is 25.6 Å². The van der Waals surface area contributed by atoms with E-state index >= 15 is 0 Å². The van der Waals surface area contributed by atoms with Crippen LogP contribution < -0.4 is 4.74 Å². The topological polar surface area (TPSA) is 63.7 Å². The summed E-state index contributed by atoms with van der Waals surface area (Å²) in [5, 5.41) is 17.3. The molecule has 0 saturated carbocycles. The first-order valence-corrected chi connectivity index (χ1v) is 8.87. The highest BCUT2D eigenvalue weighted by atomic mass is 35.5. The van der Waals surface area contributed by atoms with Gasteiger partial charge in [0, 0.05) is 18.7 Å². The average molecular weight is 421 g/mol. The molecule has 0 bridgehead atoms. The van der Waals surface area contributed by atoms with Crippen molar-refractivity contribution in [3.05, 3.63) is 64.4 Å². The summed E-state index contributed by atoms with van der Waals surface area (Å²) < 4.78 is 47.6. The molecule has 1 aromatic heterocycles. The van der Waals surface area contributed by atoms with Crippen LogP contribution in [-0.2, 0) is 18.8 Å². The molecule has 0 unspecified atom stereocenters. The first-order chi connectivity index (χ1) is 13.5. The van der Waals surface area contributed by atoms with Gasteiger partial charge in [-0.3, -0.25) is 0 Å². The van der Waals surface area contributed by atoms with Gasteiger partial charge >= 0.3 is 6.18 Å². The second-order valence-corrected chi connectivity index (χ2v) is 7.22. The Morgan fingerprint density at radius 1 is 1.10 bits per heavy atom. The van der Waals surface area contributed by atoms with Crippen LogP contribution in [0.15, 0.2) is 42.5 Å². The second kappa shape index (κ2) is 7.41. The van der Waals surface area contributed by atoms with Crippen LogP contribution >= 0.6 is 11.6 Å². The van der Waals surface area contributed by atoms with Crippen molar-refractivity contribution in [3.8, 4) is 23.2 Å². The minimum atomic E-state index is -4.52. The molecule has 0 saturated heterocycles. The van der Waals surface area contributed by atoms with Crippen molar-refractivity contribution >= 4 is 11.6 Å². The molecule has 9 heteroatoms. The number of benzene rings is 2. The van der Waals surface area contributed by atoms with E-state index in [0.717, 1.165) is 6.07 Å². The van der Waals surface area contributed by atoms with Crippen molar-refractivity contribution in [2.75, 3.05) is 0 Å². The first-order valence-electron chi connectivity index (χ1n) is 8.49. The first kappa shape index (κ1) is 20.7. The zero-order valence-corrected chi connectivity index (χ0v) is 16.5. The van der Waals surface area contributed by atoms with Crippen molar-refractivity contribution in [1.29, 1.82) is 5.26 Å². The Kier molecular flexibility index (Phi) is 5.28. The maximum absolute atomic E-state index is 13.4. The van der Waals surface area contributed by atoms with Gasteiger partial charge in [0.2, 0.25) is 0 Å². The van der Waals surface area contributed by atoms with E-state index in [1.54, 1.807) is 27.0 Å². The van der Waals surface area contributed by atoms with Gasteiger partial charge in [-0.05, 0) is 32.0 Å². The van der Waals surface area contributed by atoms with E-state index in [1.165, 1.54) is 34.9 Å². The number of alkyl halides is 3. The van der Waals surface area contributed by atoms with Gasteiger partial charge in [0.15, 0.2) is 17.2 Å². The summed E-state index contributed by atoms with van der Waals surface area (Å²) in [4.78, 5) is 0. The Labute approximate surface area is 170 Å². The number of halogens is 4. The molecular formula is C20H16ClF3N4O. The molecule has 5 nitrogen and oxygen atoms in total. The SMILES string of the molecule is Cn1c(-c2ccccc2C(F)(F)F)nnc1C(C)(C)Oc1ccc(C#N)c(Cl)c1. The molecule has 150 valence electrons. The molecule has 0 spiro atoms. The van der Waals surface area contributed by atoms with Crippen molar-refractivity contribution < 1.29 is 17.9 Å². The number of hydrogen-bond donors (Lipinski definition) is 0. The normalized spacial score (nSPS) is 11.9. The Morgan fingerprint density at radius 2 is 1.79 bits per heavy atom. The van der Waals surface area contributed by atoms with Crippen LogP contribution in [0.2, 0.25) is 5.02 Å². The molecule has 0 aliphatic carbocycles. The Morgan fingerprint density at radius 3 is 2.41 bits per heavy atom. The molecule has 0 aliphatic heterocycles. The molecule has 3 aromatic rings. The maximum atomic E-state index is 13.4. The molecule has 1 heterocycles. The Hall–Kier alpha value is -3.05. The van der Waals surface area contributed by atoms with E-state index in [4.69, 9.17) is 21.6 Å².